The first-order valence-electron chi connectivity index (χ1n) is 6.98. The normalized spacial score (nSPS) is 12.4. The summed E-state index contributed by atoms with van der Waals surface area (Å²) in [6, 6.07) is 0. The number of carbonyl (C=O) groups is 1. The molecule has 0 aliphatic carbocycles. The molecular formula is C14H20BrN5O. The van der Waals surface area contributed by atoms with Crippen molar-refractivity contribution in [2.24, 2.45) is 5.92 Å². The minimum absolute atomic E-state index is 0.0188. The first kappa shape index (κ1) is 15.8. The Balaban J connectivity index is 1.87. The number of amides is 1. The van der Waals surface area contributed by atoms with Crippen molar-refractivity contribution in [1.29, 1.82) is 0 Å². The number of halogens is 1. The van der Waals surface area contributed by atoms with Gasteiger partial charge in [0.05, 0.1) is 29.3 Å². The molecule has 0 saturated carbocycles. The first-order valence-corrected chi connectivity index (χ1v) is 7.77. The monoisotopic (exact) mass is 353 g/mol. The van der Waals surface area contributed by atoms with Gasteiger partial charge >= 0.3 is 0 Å². The van der Waals surface area contributed by atoms with Gasteiger partial charge in [-0.2, -0.15) is 10.2 Å². The number of hydrogen-bond donors (Lipinski definition) is 1. The van der Waals surface area contributed by atoms with Gasteiger partial charge in [0.25, 0.3) is 0 Å². The molecule has 0 fully saturated rings. The molecule has 2 rings (SSSR count). The number of aromatic nitrogens is 4. The second kappa shape index (κ2) is 6.89. The summed E-state index contributed by atoms with van der Waals surface area (Å²) in [5.74, 6) is -0.122. The van der Waals surface area contributed by atoms with Gasteiger partial charge in [0.1, 0.15) is 0 Å². The molecule has 7 heteroatoms. The van der Waals surface area contributed by atoms with Gasteiger partial charge in [-0.15, -0.1) is 0 Å². The van der Waals surface area contributed by atoms with Crippen molar-refractivity contribution in [2.75, 3.05) is 0 Å². The zero-order valence-electron chi connectivity index (χ0n) is 12.5. The molecule has 0 aliphatic rings. The van der Waals surface area contributed by atoms with Crippen LogP contribution in [0.15, 0.2) is 23.1 Å². The van der Waals surface area contributed by atoms with Gasteiger partial charge in [0.15, 0.2) is 0 Å². The summed E-state index contributed by atoms with van der Waals surface area (Å²) in [5, 5.41) is 11.4. The van der Waals surface area contributed by atoms with E-state index in [2.05, 4.69) is 31.4 Å². The highest BCUT2D eigenvalue weighted by Gasteiger charge is 2.15. The van der Waals surface area contributed by atoms with Crippen LogP contribution in [0.3, 0.4) is 0 Å². The lowest BCUT2D eigenvalue weighted by Crippen LogP contribution is -2.31. The summed E-state index contributed by atoms with van der Waals surface area (Å²) in [6.45, 7) is 7.87. The van der Waals surface area contributed by atoms with E-state index < -0.39 is 0 Å². The summed E-state index contributed by atoms with van der Waals surface area (Å²) >= 11 is 3.34. The largest absolute Gasteiger partial charge is 0.352 e. The highest BCUT2D eigenvalue weighted by Crippen LogP contribution is 2.10. The Morgan fingerprint density at radius 3 is 2.76 bits per heavy atom. The minimum Gasteiger partial charge on any atom is -0.352 e. The molecule has 1 unspecified atom stereocenters. The third-order valence-corrected chi connectivity index (χ3v) is 3.88. The van der Waals surface area contributed by atoms with E-state index in [0.29, 0.717) is 13.1 Å². The highest BCUT2D eigenvalue weighted by atomic mass is 79.9. The van der Waals surface area contributed by atoms with Gasteiger partial charge in [-0.25, -0.2) is 0 Å². The van der Waals surface area contributed by atoms with Crippen molar-refractivity contribution in [2.45, 2.75) is 40.4 Å². The molecule has 1 N–H and O–H groups in total. The summed E-state index contributed by atoms with van der Waals surface area (Å²) < 4.78 is 4.60. The molecule has 6 nitrogen and oxygen atoms in total. The molecule has 1 amide bonds. The Hall–Kier alpha value is -1.63. The van der Waals surface area contributed by atoms with E-state index in [9.17, 15) is 4.79 Å². The van der Waals surface area contributed by atoms with Crippen LogP contribution in [0, 0.1) is 12.8 Å². The maximum Gasteiger partial charge on any atom is 0.224 e. The van der Waals surface area contributed by atoms with E-state index >= 15 is 0 Å². The number of aryl methyl sites for hydroxylation is 1. The molecule has 2 heterocycles. The fourth-order valence-electron chi connectivity index (χ4n) is 2.14. The second-order valence-electron chi connectivity index (χ2n) is 5.07. The van der Waals surface area contributed by atoms with Gasteiger partial charge in [-0.3, -0.25) is 14.2 Å². The van der Waals surface area contributed by atoms with E-state index in [4.69, 9.17) is 0 Å². The average molecular weight is 354 g/mol. The molecule has 2 aromatic rings. The first-order chi connectivity index (χ1) is 10.0. The third-order valence-electron chi connectivity index (χ3n) is 3.47. The predicted octanol–water partition coefficient (Wildman–Crippen LogP) is 2.12. The molecule has 0 spiro atoms. The fourth-order valence-corrected chi connectivity index (χ4v) is 2.46. The van der Waals surface area contributed by atoms with Crippen molar-refractivity contribution < 1.29 is 4.79 Å². The quantitative estimate of drug-likeness (QED) is 0.864. The topological polar surface area (TPSA) is 64.7 Å². The number of hydrogen-bond acceptors (Lipinski definition) is 3. The predicted molar refractivity (Wildman–Crippen MR) is 83.6 cm³/mol. The molecule has 2 aromatic heterocycles. The van der Waals surface area contributed by atoms with E-state index in [1.54, 1.807) is 10.9 Å². The Labute approximate surface area is 132 Å². The van der Waals surface area contributed by atoms with Crippen LogP contribution in [0.4, 0.5) is 0 Å². The number of nitrogens with zero attached hydrogens (tertiary/aromatic N) is 4. The number of nitrogens with one attached hydrogen (secondary N) is 1. The molecule has 0 bridgehead atoms. The van der Waals surface area contributed by atoms with Crippen LogP contribution in [0.2, 0.25) is 0 Å². The Morgan fingerprint density at radius 1 is 1.43 bits per heavy atom. The summed E-state index contributed by atoms with van der Waals surface area (Å²) in [5.41, 5.74) is 2.15. The molecule has 0 saturated heterocycles. The molecular weight excluding hydrogens is 334 g/mol. The van der Waals surface area contributed by atoms with E-state index in [-0.39, 0.29) is 11.8 Å². The number of rotatable bonds is 6. The van der Waals surface area contributed by atoms with Gasteiger partial charge < -0.3 is 5.32 Å². The summed E-state index contributed by atoms with van der Waals surface area (Å²) in [7, 11) is 0. The maximum absolute atomic E-state index is 12.1. The van der Waals surface area contributed by atoms with Crippen LogP contribution < -0.4 is 5.32 Å². The SMILES string of the molecule is CCn1ncc(CNC(=O)C(C)Cn2cc(Br)cn2)c1C. The lowest BCUT2D eigenvalue weighted by atomic mass is 10.1. The zero-order valence-corrected chi connectivity index (χ0v) is 14.1. The fraction of sp³-hybridized carbons (Fsp3) is 0.500. The smallest absolute Gasteiger partial charge is 0.224 e. The van der Waals surface area contributed by atoms with Crippen molar-refractivity contribution in [1.82, 2.24) is 24.9 Å². The molecule has 1 atom stereocenters. The van der Waals surface area contributed by atoms with Gasteiger partial charge in [0, 0.05) is 30.5 Å². The molecule has 114 valence electrons. The van der Waals surface area contributed by atoms with Crippen LogP contribution in [0.1, 0.15) is 25.1 Å². The van der Waals surface area contributed by atoms with E-state index in [0.717, 1.165) is 22.3 Å². The summed E-state index contributed by atoms with van der Waals surface area (Å²) in [4.78, 5) is 12.1. The van der Waals surface area contributed by atoms with Gasteiger partial charge in [-0.05, 0) is 29.8 Å². The lowest BCUT2D eigenvalue weighted by Gasteiger charge is -2.12. The van der Waals surface area contributed by atoms with Crippen LogP contribution >= 0.6 is 15.9 Å². The van der Waals surface area contributed by atoms with Crippen molar-refractivity contribution in [3.8, 4) is 0 Å². The average Bonchev–Trinajstić information content (AvgIpc) is 3.02. The van der Waals surface area contributed by atoms with Crippen LogP contribution in [-0.4, -0.2) is 25.5 Å². The molecule has 0 aliphatic heterocycles. The highest BCUT2D eigenvalue weighted by molar-refractivity contribution is 9.10. The maximum atomic E-state index is 12.1. The third kappa shape index (κ3) is 3.93. The Kier molecular flexibility index (Phi) is 5.17. The van der Waals surface area contributed by atoms with Crippen LogP contribution in [0.25, 0.3) is 0 Å². The summed E-state index contributed by atoms with van der Waals surface area (Å²) in [6.07, 6.45) is 5.39. The Bertz CT molecular complexity index is 619. The van der Waals surface area contributed by atoms with E-state index in [1.807, 2.05) is 37.8 Å². The van der Waals surface area contributed by atoms with Crippen molar-refractivity contribution in [3.05, 3.63) is 34.3 Å². The minimum atomic E-state index is -0.140. The Morgan fingerprint density at radius 2 is 2.19 bits per heavy atom. The molecule has 0 aromatic carbocycles. The van der Waals surface area contributed by atoms with Gasteiger partial charge in [0.2, 0.25) is 5.91 Å². The van der Waals surface area contributed by atoms with Crippen LogP contribution in [-0.2, 0) is 24.4 Å². The number of carbonyl (C=O) groups excluding carboxylic acids is 1. The molecule has 0 radical (unpaired) electrons. The van der Waals surface area contributed by atoms with Crippen molar-refractivity contribution in [3.63, 3.8) is 0 Å². The molecule has 21 heavy (non-hydrogen) atoms. The lowest BCUT2D eigenvalue weighted by molar-refractivity contribution is -0.125. The van der Waals surface area contributed by atoms with Gasteiger partial charge in [-0.1, -0.05) is 6.92 Å². The second-order valence-corrected chi connectivity index (χ2v) is 5.99. The van der Waals surface area contributed by atoms with Crippen molar-refractivity contribution >= 4 is 21.8 Å². The standard InChI is InChI=1S/C14H20BrN5O/c1-4-20-11(3)12(6-18-20)5-16-14(21)10(2)8-19-9-13(15)7-17-19/h6-7,9-10H,4-5,8H2,1-3H3,(H,16,21). The zero-order chi connectivity index (χ0) is 15.4. The van der Waals surface area contributed by atoms with E-state index in [1.165, 1.54) is 0 Å². The van der Waals surface area contributed by atoms with Crippen LogP contribution in [0.5, 0.6) is 0 Å².